The molecule has 0 aliphatic rings. The molecule has 0 aliphatic carbocycles. The van der Waals surface area contributed by atoms with Crippen LogP contribution in [0.3, 0.4) is 0 Å². The van der Waals surface area contributed by atoms with Gasteiger partial charge in [0.05, 0.1) is 12.8 Å². The maximum Gasteiger partial charge on any atom is 0.276 e. The Labute approximate surface area is 116 Å². The molecular formula is C15H14N2O3. The summed E-state index contributed by atoms with van der Waals surface area (Å²) in [5.74, 6) is 0.219. The summed E-state index contributed by atoms with van der Waals surface area (Å²) in [4.78, 5) is 12.3. The number of nitriles is 1. The van der Waals surface area contributed by atoms with Crippen LogP contribution in [0.1, 0.15) is 16.7 Å². The lowest BCUT2D eigenvalue weighted by Gasteiger charge is -2.14. The zero-order valence-corrected chi connectivity index (χ0v) is 11.5. The summed E-state index contributed by atoms with van der Waals surface area (Å²) in [6.45, 7) is 3.47. The maximum absolute atomic E-state index is 12.3. The Morgan fingerprint density at radius 1 is 1.30 bits per heavy atom. The summed E-state index contributed by atoms with van der Waals surface area (Å²) in [6.07, 6.45) is 0. The standard InChI is InChI=1S/C15H14N2O3/c1-9-4-5-13(20-3)12(6-9)17-14(18)7-10(2)11(8-16)15(17)19/h4-7,18H,1-3H3. The minimum absolute atomic E-state index is 0.00589. The highest BCUT2D eigenvalue weighted by atomic mass is 16.5. The molecule has 0 unspecified atom stereocenters. The van der Waals surface area contributed by atoms with E-state index in [1.54, 1.807) is 19.1 Å². The molecule has 0 aliphatic heterocycles. The third kappa shape index (κ3) is 2.12. The van der Waals surface area contributed by atoms with Gasteiger partial charge in [-0.05, 0) is 37.1 Å². The zero-order valence-electron chi connectivity index (χ0n) is 11.5. The lowest BCUT2D eigenvalue weighted by atomic mass is 10.1. The first-order valence-corrected chi connectivity index (χ1v) is 6.00. The predicted molar refractivity (Wildman–Crippen MR) is 74.4 cm³/mol. The van der Waals surface area contributed by atoms with Crippen molar-refractivity contribution >= 4 is 0 Å². The highest BCUT2D eigenvalue weighted by Gasteiger charge is 2.16. The summed E-state index contributed by atoms with van der Waals surface area (Å²) in [5, 5.41) is 19.1. The average molecular weight is 270 g/mol. The molecule has 0 saturated heterocycles. The zero-order chi connectivity index (χ0) is 14.9. The van der Waals surface area contributed by atoms with Gasteiger partial charge in [0, 0.05) is 6.07 Å². The number of aromatic hydroxyl groups is 1. The van der Waals surface area contributed by atoms with E-state index in [4.69, 9.17) is 10.00 Å². The first-order chi connectivity index (χ1) is 9.49. The van der Waals surface area contributed by atoms with Gasteiger partial charge in [-0.3, -0.25) is 4.79 Å². The first-order valence-electron chi connectivity index (χ1n) is 6.00. The molecular weight excluding hydrogens is 256 g/mol. The predicted octanol–water partition coefficient (Wildman–Crippen LogP) is 2.04. The number of rotatable bonds is 2. The number of benzene rings is 1. The number of hydrogen-bond acceptors (Lipinski definition) is 4. The summed E-state index contributed by atoms with van der Waals surface area (Å²) < 4.78 is 6.30. The van der Waals surface area contributed by atoms with Crippen molar-refractivity contribution in [2.24, 2.45) is 0 Å². The van der Waals surface area contributed by atoms with Gasteiger partial charge in [-0.15, -0.1) is 0 Å². The molecule has 0 atom stereocenters. The Morgan fingerprint density at radius 3 is 2.60 bits per heavy atom. The lowest BCUT2D eigenvalue weighted by molar-refractivity contribution is 0.403. The van der Waals surface area contributed by atoms with Gasteiger partial charge in [0.15, 0.2) is 5.88 Å². The second-order valence-electron chi connectivity index (χ2n) is 4.49. The fourth-order valence-corrected chi connectivity index (χ4v) is 2.06. The van der Waals surface area contributed by atoms with Crippen molar-refractivity contribution in [3.8, 4) is 23.4 Å². The fraction of sp³-hybridized carbons (Fsp3) is 0.200. The van der Waals surface area contributed by atoms with Gasteiger partial charge in [-0.1, -0.05) is 6.07 Å². The van der Waals surface area contributed by atoms with E-state index in [0.717, 1.165) is 10.1 Å². The molecule has 20 heavy (non-hydrogen) atoms. The van der Waals surface area contributed by atoms with Crippen molar-refractivity contribution in [2.45, 2.75) is 13.8 Å². The molecule has 0 saturated carbocycles. The van der Waals surface area contributed by atoms with Gasteiger partial charge in [0.25, 0.3) is 5.56 Å². The summed E-state index contributed by atoms with van der Waals surface area (Å²) in [5.41, 5.74) is 1.20. The fourth-order valence-electron chi connectivity index (χ4n) is 2.06. The van der Waals surface area contributed by atoms with E-state index in [9.17, 15) is 9.90 Å². The van der Waals surface area contributed by atoms with Crippen LogP contribution < -0.4 is 10.3 Å². The monoisotopic (exact) mass is 270 g/mol. The van der Waals surface area contributed by atoms with Crippen molar-refractivity contribution in [3.05, 3.63) is 51.3 Å². The number of aryl methyl sites for hydroxylation is 2. The van der Waals surface area contributed by atoms with E-state index in [2.05, 4.69) is 0 Å². The molecule has 1 aromatic heterocycles. The van der Waals surface area contributed by atoms with Gasteiger partial charge < -0.3 is 9.84 Å². The lowest BCUT2D eigenvalue weighted by Crippen LogP contribution is -2.22. The molecule has 0 spiro atoms. The van der Waals surface area contributed by atoms with Gasteiger partial charge in [-0.2, -0.15) is 5.26 Å². The molecule has 0 amide bonds. The molecule has 0 bridgehead atoms. The van der Waals surface area contributed by atoms with E-state index in [1.807, 2.05) is 19.1 Å². The van der Waals surface area contributed by atoms with Gasteiger partial charge in [0.1, 0.15) is 17.4 Å². The molecule has 1 N–H and O–H groups in total. The first kappa shape index (κ1) is 13.7. The second-order valence-corrected chi connectivity index (χ2v) is 4.49. The summed E-state index contributed by atoms with van der Waals surface area (Å²) in [6, 6.07) is 8.52. The third-order valence-electron chi connectivity index (χ3n) is 3.07. The van der Waals surface area contributed by atoms with Crippen LogP contribution in [0.4, 0.5) is 0 Å². The van der Waals surface area contributed by atoms with Crippen LogP contribution in [-0.2, 0) is 0 Å². The van der Waals surface area contributed by atoms with Crippen molar-refractivity contribution in [2.75, 3.05) is 7.11 Å². The molecule has 0 fully saturated rings. The van der Waals surface area contributed by atoms with Crippen LogP contribution >= 0.6 is 0 Å². The van der Waals surface area contributed by atoms with Gasteiger partial charge >= 0.3 is 0 Å². The molecule has 102 valence electrons. The minimum atomic E-state index is -0.561. The van der Waals surface area contributed by atoms with Crippen molar-refractivity contribution in [3.63, 3.8) is 0 Å². The smallest absolute Gasteiger partial charge is 0.276 e. The van der Waals surface area contributed by atoms with Crippen molar-refractivity contribution in [1.82, 2.24) is 4.57 Å². The third-order valence-corrected chi connectivity index (χ3v) is 3.07. The number of nitrogens with zero attached hydrogens (tertiary/aromatic N) is 2. The Kier molecular flexibility index (Phi) is 3.49. The van der Waals surface area contributed by atoms with E-state index in [1.165, 1.54) is 13.2 Å². The van der Waals surface area contributed by atoms with Gasteiger partial charge in [0.2, 0.25) is 0 Å². The van der Waals surface area contributed by atoms with E-state index in [-0.39, 0.29) is 11.4 Å². The number of pyridine rings is 1. The Balaban J connectivity index is 2.87. The number of methoxy groups -OCH3 is 1. The van der Waals surface area contributed by atoms with Crippen LogP contribution in [0.15, 0.2) is 29.1 Å². The summed E-state index contributed by atoms with van der Waals surface area (Å²) >= 11 is 0. The number of aromatic nitrogens is 1. The Bertz CT molecular complexity index is 770. The van der Waals surface area contributed by atoms with Crippen LogP contribution in [-0.4, -0.2) is 16.8 Å². The Morgan fingerprint density at radius 2 is 2.00 bits per heavy atom. The van der Waals surface area contributed by atoms with Crippen LogP contribution in [0.2, 0.25) is 0 Å². The van der Waals surface area contributed by atoms with E-state index < -0.39 is 5.56 Å². The topological polar surface area (TPSA) is 75.2 Å². The number of hydrogen-bond donors (Lipinski definition) is 1. The van der Waals surface area contributed by atoms with Crippen LogP contribution in [0.25, 0.3) is 5.69 Å². The minimum Gasteiger partial charge on any atom is -0.495 e. The van der Waals surface area contributed by atoms with E-state index >= 15 is 0 Å². The van der Waals surface area contributed by atoms with Gasteiger partial charge in [-0.25, -0.2) is 4.57 Å². The quantitative estimate of drug-likeness (QED) is 0.906. The number of ether oxygens (including phenoxy) is 1. The van der Waals surface area contributed by atoms with Crippen LogP contribution in [0.5, 0.6) is 11.6 Å². The highest BCUT2D eigenvalue weighted by Crippen LogP contribution is 2.26. The molecule has 2 aromatic rings. The Hall–Kier alpha value is -2.74. The molecule has 5 nitrogen and oxygen atoms in total. The summed E-state index contributed by atoms with van der Waals surface area (Å²) in [7, 11) is 1.48. The van der Waals surface area contributed by atoms with Crippen molar-refractivity contribution in [1.29, 1.82) is 5.26 Å². The average Bonchev–Trinajstić information content (AvgIpc) is 2.39. The van der Waals surface area contributed by atoms with Crippen LogP contribution in [0, 0.1) is 25.2 Å². The maximum atomic E-state index is 12.3. The largest absolute Gasteiger partial charge is 0.495 e. The highest BCUT2D eigenvalue weighted by molar-refractivity contribution is 5.53. The molecule has 0 radical (unpaired) electrons. The second kappa shape index (κ2) is 5.10. The normalized spacial score (nSPS) is 10.1. The molecule has 5 heteroatoms. The van der Waals surface area contributed by atoms with Crippen molar-refractivity contribution < 1.29 is 9.84 Å². The molecule has 2 rings (SSSR count). The van der Waals surface area contributed by atoms with E-state index in [0.29, 0.717) is 17.0 Å². The SMILES string of the molecule is COc1ccc(C)cc1-n1c(O)cc(C)c(C#N)c1=O. The molecule has 1 heterocycles. The molecule has 1 aromatic carbocycles.